The zero-order chi connectivity index (χ0) is 32.5. The lowest BCUT2D eigenvalue weighted by atomic mass is 9.98. The first kappa shape index (κ1) is 33.6. The molecule has 3 amide bonds. The van der Waals surface area contributed by atoms with E-state index in [9.17, 15) is 19.5 Å². The van der Waals surface area contributed by atoms with Crippen molar-refractivity contribution in [3.05, 3.63) is 118 Å². The second-order valence-electron chi connectivity index (χ2n) is 11.5. The number of aliphatic hydroxyl groups is 1. The minimum Gasteiger partial charge on any atom is -0.392 e. The highest BCUT2D eigenvalue weighted by Crippen LogP contribution is 2.23. The maximum Gasteiger partial charge on any atom is 0.254 e. The third-order valence-corrected chi connectivity index (χ3v) is 8.79. The van der Waals surface area contributed by atoms with Crippen LogP contribution in [0.4, 0.5) is 0 Å². The van der Waals surface area contributed by atoms with Crippen molar-refractivity contribution in [2.24, 2.45) is 5.73 Å². The number of hydrogen-bond acceptors (Lipinski definition) is 6. The van der Waals surface area contributed by atoms with Crippen molar-refractivity contribution >= 4 is 29.1 Å². The van der Waals surface area contributed by atoms with Gasteiger partial charge < -0.3 is 26.0 Å². The molecule has 45 heavy (non-hydrogen) atoms. The van der Waals surface area contributed by atoms with Gasteiger partial charge in [-0.1, -0.05) is 72.8 Å². The molecule has 0 aliphatic heterocycles. The normalized spacial score (nSPS) is 13.7. The molecule has 0 saturated heterocycles. The number of aliphatic hydroxyl groups excluding tert-OH is 1. The van der Waals surface area contributed by atoms with Gasteiger partial charge in [0.05, 0.1) is 6.10 Å². The molecule has 0 aliphatic rings. The number of benzene rings is 3. The summed E-state index contributed by atoms with van der Waals surface area (Å²) in [5.41, 5.74) is 10.3. The van der Waals surface area contributed by atoms with Crippen LogP contribution in [0.3, 0.4) is 0 Å². The van der Waals surface area contributed by atoms with E-state index in [1.165, 1.54) is 21.1 Å². The Morgan fingerprint density at radius 1 is 0.822 bits per heavy atom. The molecule has 8 nitrogen and oxygen atoms in total. The molecule has 0 spiro atoms. The van der Waals surface area contributed by atoms with Gasteiger partial charge in [-0.05, 0) is 59.7 Å². The van der Waals surface area contributed by atoms with Crippen molar-refractivity contribution < 1.29 is 19.5 Å². The summed E-state index contributed by atoms with van der Waals surface area (Å²) in [6.07, 6.45) is -0.188. The average molecular weight is 627 g/mol. The standard InChI is InChI=1S/C36H42N4O4S/c1-24(41)23-38-34(42)32(22-31-14-9-19-45-31)39(3)36(44)33(40(4)35(43)30-13-8-12-29(21-30)25(2)37)20-26-15-17-28(18-16-26)27-10-6-5-7-11-27/h5-19,21,24-25,32-33,41H,20,22-23,37H2,1-4H3,(H,38,42)/t24-,25?,32-,33-/m1/s1. The molecule has 0 bridgehead atoms. The number of nitrogens with zero attached hydrogens (tertiary/aromatic N) is 2. The quantitative estimate of drug-likeness (QED) is 0.199. The molecule has 3 aromatic carbocycles. The van der Waals surface area contributed by atoms with Crippen LogP contribution in [0.2, 0.25) is 0 Å². The fourth-order valence-corrected chi connectivity index (χ4v) is 5.90. The van der Waals surface area contributed by atoms with Crippen LogP contribution in [0, 0.1) is 0 Å². The third kappa shape index (κ3) is 8.88. The first-order valence-electron chi connectivity index (χ1n) is 15.1. The van der Waals surface area contributed by atoms with Gasteiger partial charge in [0.15, 0.2) is 0 Å². The van der Waals surface area contributed by atoms with Gasteiger partial charge in [0, 0.05) is 50.0 Å². The maximum absolute atomic E-state index is 14.4. The van der Waals surface area contributed by atoms with Crippen molar-refractivity contribution in [1.82, 2.24) is 15.1 Å². The Morgan fingerprint density at radius 2 is 1.51 bits per heavy atom. The number of rotatable bonds is 13. The number of thiophene rings is 1. The predicted octanol–water partition coefficient (Wildman–Crippen LogP) is 4.68. The summed E-state index contributed by atoms with van der Waals surface area (Å²) in [6.45, 7) is 3.50. The van der Waals surface area contributed by atoms with E-state index in [4.69, 9.17) is 5.73 Å². The number of amides is 3. The van der Waals surface area contributed by atoms with Crippen molar-refractivity contribution in [2.45, 2.75) is 50.9 Å². The van der Waals surface area contributed by atoms with Gasteiger partial charge in [-0.3, -0.25) is 14.4 Å². The largest absolute Gasteiger partial charge is 0.392 e. The van der Waals surface area contributed by atoms with Gasteiger partial charge in [-0.2, -0.15) is 0 Å². The van der Waals surface area contributed by atoms with E-state index in [-0.39, 0.29) is 36.7 Å². The minimum atomic E-state index is -0.903. The highest BCUT2D eigenvalue weighted by atomic mass is 32.1. The SMILES string of the molecule is CC(N)c1cccc(C(=O)N(C)[C@H](Cc2ccc(-c3ccccc3)cc2)C(=O)N(C)[C@H](Cc2cccs2)C(=O)NC[C@@H](C)O)c1. The third-order valence-electron chi connectivity index (χ3n) is 7.89. The summed E-state index contributed by atoms with van der Waals surface area (Å²) < 4.78 is 0. The van der Waals surface area contributed by atoms with Crippen LogP contribution in [-0.2, 0) is 22.4 Å². The highest BCUT2D eigenvalue weighted by molar-refractivity contribution is 7.09. The zero-order valence-corrected chi connectivity index (χ0v) is 27.0. The summed E-state index contributed by atoms with van der Waals surface area (Å²) in [6, 6.07) is 26.9. The Bertz CT molecular complexity index is 1560. The molecule has 0 fully saturated rings. The van der Waals surface area contributed by atoms with Gasteiger partial charge in [0.25, 0.3) is 5.91 Å². The number of nitrogens with two attached hydrogens (primary N) is 1. The van der Waals surface area contributed by atoms with E-state index in [0.717, 1.165) is 27.1 Å². The molecule has 4 aromatic rings. The van der Waals surface area contributed by atoms with Crippen LogP contribution in [0.5, 0.6) is 0 Å². The first-order chi connectivity index (χ1) is 21.5. The average Bonchev–Trinajstić information content (AvgIpc) is 3.58. The molecule has 0 radical (unpaired) electrons. The predicted molar refractivity (Wildman–Crippen MR) is 180 cm³/mol. The zero-order valence-electron chi connectivity index (χ0n) is 26.2. The first-order valence-corrected chi connectivity index (χ1v) is 15.9. The molecular weight excluding hydrogens is 584 g/mol. The fourth-order valence-electron chi connectivity index (χ4n) is 5.16. The smallest absolute Gasteiger partial charge is 0.254 e. The van der Waals surface area contributed by atoms with Crippen LogP contribution < -0.4 is 11.1 Å². The summed E-state index contributed by atoms with van der Waals surface area (Å²) >= 11 is 1.50. The van der Waals surface area contributed by atoms with E-state index in [1.807, 2.05) is 85.1 Å². The van der Waals surface area contributed by atoms with Crippen LogP contribution in [0.1, 0.15) is 46.3 Å². The molecular formula is C36H42N4O4S. The Balaban J connectivity index is 1.66. The van der Waals surface area contributed by atoms with Gasteiger partial charge >= 0.3 is 0 Å². The molecule has 1 heterocycles. The van der Waals surface area contributed by atoms with E-state index in [1.54, 1.807) is 39.2 Å². The molecule has 1 aromatic heterocycles. The maximum atomic E-state index is 14.4. The van der Waals surface area contributed by atoms with Crippen molar-refractivity contribution in [2.75, 3.05) is 20.6 Å². The Kier molecular flexibility index (Phi) is 11.6. The second kappa shape index (κ2) is 15.6. The molecule has 0 saturated carbocycles. The van der Waals surface area contributed by atoms with Crippen LogP contribution in [-0.4, -0.2) is 71.5 Å². The van der Waals surface area contributed by atoms with E-state index >= 15 is 0 Å². The van der Waals surface area contributed by atoms with Crippen LogP contribution >= 0.6 is 11.3 Å². The molecule has 236 valence electrons. The molecule has 0 aliphatic carbocycles. The number of carbonyl (C=O) groups is 3. The highest BCUT2D eigenvalue weighted by Gasteiger charge is 2.35. The summed E-state index contributed by atoms with van der Waals surface area (Å²) in [5.74, 6) is -1.06. The summed E-state index contributed by atoms with van der Waals surface area (Å²) in [4.78, 5) is 45.5. The van der Waals surface area contributed by atoms with E-state index in [2.05, 4.69) is 5.32 Å². The van der Waals surface area contributed by atoms with Crippen molar-refractivity contribution in [1.29, 1.82) is 0 Å². The molecule has 4 rings (SSSR count). The lowest BCUT2D eigenvalue weighted by Gasteiger charge is -2.34. The van der Waals surface area contributed by atoms with Crippen molar-refractivity contribution in [3.63, 3.8) is 0 Å². The molecule has 4 atom stereocenters. The summed E-state index contributed by atoms with van der Waals surface area (Å²) in [5, 5.41) is 14.5. The van der Waals surface area contributed by atoms with Gasteiger partial charge in [0.1, 0.15) is 12.1 Å². The minimum absolute atomic E-state index is 0.0628. The van der Waals surface area contributed by atoms with Crippen LogP contribution in [0.25, 0.3) is 11.1 Å². The molecule has 9 heteroatoms. The number of hydrogen-bond donors (Lipinski definition) is 3. The van der Waals surface area contributed by atoms with E-state index < -0.39 is 18.2 Å². The van der Waals surface area contributed by atoms with E-state index in [0.29, 0.717) is 12.0 Å². The molecule has 4 N–H and O–H groups in total. The number of carbonyl (C=O) groups excluding carboxylic acids is 3. The topological polar surface area (TPSA) is 116 Å². The summed E-state index contributed by atoms with van der Waals surface area (Å²) in [7, 11) is 3.22. The number of nitrogens with one attached hydrogen (secondary N) is 1. The lowest BCUT2D eigenvalue weighted by molar-refractivity contribution is -0.142. The Morgan fingerprint density at radius 3 is 2.13 bits per heavy atom. The van der Waals surface area contributed by atoms with Gasteiger partial charge in [-0.25, -0.2) is 0 Å². The monoisotopic (exact) mass is 626 g/mol. The van der Waals surface area contributed by atoms with Crippen LogP contribution in [0.15, 0.2) is 96.4 Å². The Hall–Kier alpha value is -4.31. The number of likely N-dealkylation sites (N-methyl/N-ethyl adjacent to an activating group) is 2. The van der Waals surface area contributed by atoms with Crippen molar-refractivity contribution in [3.8, 4) is 11.1 Å². The molecule has 1 unspecified atom stereocenters. The second-order valence-corrected chi connectivity index (χ2v) is 12.5. The Labute approximate surface area is 269 Å². The van der Waals surface area contributed by atoms with Gasteiger partial charge in [0.2, 0.25) is 11.8 Å². The fraction of sp³-hybridized carbons (Fsp3) is 0.306. The van der Waals surface area contributed by atoms with Gasteiger partial charge in [-0.15, -0.1) is 11.3 Å². The lowest BCUT2D eigenvalue weighted by Crippen LogP contribution is -2.56.